The summed E-state index contributed by atoms with van der Waals surface area (Å²) < 4.78 is 0. The van der Waals surface area contributed by atoms with Crippen LogP contribution in [0, 0.1) is 11.8 Å². The van der Waals surface area contributed by atoms with Gasteiger partial charge in [-0.05, 0) is 49.7 Å². The van der Waals surface area contributed by atoms with Crippen molar-refractivity contribution < 1.29 is 0 Å². The van der Waals surface area contributed by atoms with Crippen LogP contribution >= 0.6 is 12.2 Å². The van der Waals surface area contributed by atoms with Crippen molar-refractivity contribution in [2.24, 2.45) is 11.8 Å². The van der Waals surface area contributed by atoms with Crippen molar-refractivity contribution in [3.8, 4) is 0 Å². The van der Waals surface area contributed by atoms with E-state index in [1.807, 2.05) is 0 Å². The fourth-order valence-corrected chi connectivity index (χ4v) is 3.01. The van der Waals surface area contributed by atoms with Crippen molar-refractivity contribution in [2.75, 3.05) is 13.1 Å². The van der Waals surface area contributed by atoms with Gasteiger partial charge in [-0.1, -0.05) is 47.0 Å². The van der Waals surface area contributed by atoms with Crippen LogP contribution in [-0.4, -0.2) is 29.1 Å². The molecular formula is C17H34N2S. The van der Waals surface area contributed by atoms with Gasteiger partial charge in [0, 0.05) is 19.1 Å². The van der Waals surface area contributed by atoms with Crippen LogP contribution in [0.1, 0.15) is 72.6 Å². The molecule has 0 saturated heterocycles. The number of thiocarbonyl (C=S) groups is 1. The minimum atomic E-state index is 0.622. The molecule has 1 aliphatic rings. The number of nitrogens with one attached hydrogen (secondary N) is 1. The maximum Gasteiger partial charge on any atom is 0.169 e. The van der Waals surface area contributed by atoms with Gasteiger partial charge in [0.15, 0.2) is 5.11 Å². The molecule has 1 fully saturated rings. The van der Waals surface area contributed by atoms with E-state index in [9.17, 15) is 0 Å². The first-order valence-corrected chi connectivity index (χ1v) is 8.95. The lowest BCUT2D eigenvalue weighted by molar-refractivity contribution is 0.335. The molecule has 20 heavy (non-hydrogen) atoms. The van der Waals surface area contributed by atoms with Gasteiger partial charge in [0.05, 0.1) is 0 Å². The molecule has 1 N–H and O–H groups in total. The van der Waals surface area contributed by atoms with Crippen LogP contribution in [0.3, 0.4) is 0 Å². The summed E-state index contributed by atoms with van der Waals surface area (Å²) in [6.07, 6.45) is 9.16. The Balaban J connectivity index is 2.43. The van der Waals surface area contributed by atoms with Gasteiger partial charge in [-0.3, -0.25) is 0 Å². The lowest BCUT2D eigenvalue weighted by atomic mass is 9.96. The Bertz CT molecular complexity index is 258. The average molecular weight is 299 g/mol. The zero-order valence-electron chi connectivity index (χ0n) is 14.0. The van der Waals surface area contributed by atoms with Gasteiger partial charge >= 0.3 is 0 Å². The zero-order chi connectivity index (χ0) is 15.0. The van der Waals surface area contributed by atoms with Gasteiger partial charge in [-0.25, -0.2) is 0 Å². The van der Waals surface area contributed by atoms with Crippen LogP contribution in [0.5, 0.6) is 0 Å². The Morgan fingerprint density at radius 3 is 1.95 bits per heavy atom. The molecule has 2 nitrogen and oxygen atoms in total. The summed E-state index contributed by atoms with van der Waals surface area (Å²) in [4.78, 5) is 2.41. The molecule has 0 aromatic carbocycles. The lowest BCUT2D eigenvalue weighted by Crippen LogP contribution is -2.46. The van der Waals surface area contributed by atoms with E-state index in [-0.39, 0.29) is 0 Å². The molecule has 0 atom stereocenters. The van der Waals surface area contributed by atoms with E-state index >= 15 is 0 Å². The van der Waals surface area contributed by atoms with Crippen molar-refractivity contribution >= 4 is 17.3 Å². The Labute approximate surface area is 131 Å². The van der Waals surface area contributed by atoms with Crippen LogP contribution in [0.15, 0.2) is 0 Å². The molecule has 0 bridgehead atoms. The number of rotatable bonds is 7. The Morgan fingerprint density at radius 1 is 1.00 bits per heavy atom. The molecule has 1 saturated carbocycles. The Hall–Kier alpha value is -0.310. The van der Waals surface area contributed by atoms with Crippen LogP contribution in [0.4, 0.5) is 0 Å². The standard InChI is InChI=1S/C17H34N2S/c1-14(2)10-12-19(13-11-15(3)4)17(20)18-16-8-6-5-7-9-16/h14-16H,5-13H2,1-4H3,(H,18,20). The summed E-state index contributed by atoms with van der Waals surface area (Å²) in [5.41, 5.74) is 0. The van der Waals surface area contributed by atoms with Crippen molar-refractivity contribution in [3.05, 3.63) is 0 Å². The minimum Gasteiger partial charge on any atom is -0.360 e. The SMILES string of the molecule is CC(C)CCN(CCC(C)C)C(=S)NC1CCCCC1. The second-order valence-electron chi connectivity index (χ2n) is 7.14. The molecule has 1 aliphatic carbocycles. The highest BCUT2D eigenvalue weighted by Crippen LogP contribution is 2.18. The predicted molar refractivity (Wildman–Crippen MR) is 93.1 cm³/mol. The van der Waals surface area contributed by atoms with Crippen molar-refractivity contribution in [1.29, 1.82) is 0 Å². The summed E-state index contributed by atoms with van der Waals surface area (Å²) in [6.45, 7) is 11.4. The minimum absolute atomic E-state index is 0.622. The van der Waals surface area contributed by atoms with Gasteiger partial charge in [-0.15, -0.1) is 0 Å². The largest absolute Gasteiger partial charge is 0.360 e. The molecule has 0 unspecified atom stereocenters. The highest BCUT2D eigenvalue weighted by atomic mass is 32.1. The maximum absolute atomic E-state index is 5.68. The lowest BCUT2D eigenvalue weighted by Gasteiger charge is -2.31. The van der Waals surface area contributed by atoms with Crippen LogP contribution < -0.4 is 5.32 Å². The van der Waals surface area contributed by atoms with Crippen LogP contribution in [0.25, 0.3) is 0 Å². The molecule has 1 rings (SSSR count). The second kappa shape index (κ2) is 9.59. The molecule has 0 aromatic rings. The fourth-order valence-electron chi connectivity index (χ4n) is 2.66. The van der Waals surface area contributed by atoms with E-state index in [4.69, 9.17) is 12.2 Å². The van der Waals surface area contributed by atoms with Crippen molar-refractivity contribution in [2.45, 2.75) is 78.7 Å². The molecule has 0 amide bonds. The number of hydrogen-bond donors (Lipinski definition) is 1. The molecule has 0 heterocycles. The highest BCUT2D eigenvalue weighted by molar-refractivity contribution is 7.80. The second-order valence-corrected chi connectivity index (χ2v) is 7.52. The number of hydrogen-bond acceptors (Lipinski definition) is 1. The van der Waals surface area contributed by atoms with Gasteiger partial charge in [-0.2, -0.15) is 0 Å². The van der Waals surface area contributed by atoms with E-state index in [1.54, 1.807) is 0 Å². The summed E-state index contributed by atoms with van der Waals surface area (Å²) in [5, 5.41) is 4.62. The van der Waals surface area contributed by atoms with E-state index in [0.29, 0.717) is 6.04 Å². The highest BCUT2D eigenvalue weighted by Gasteiger charge is 2.17. The monoisotopic (exact) mass is 298 g/mol. The molecule has 0 spiro atoms. The first-order chi connectivity index (χ1) is 9.49. The quantitative estimate of drug-likeness (QED) is 0.692. The third-order valence-electron chi connectivity index (χ3n) is 4.17. The van der Waals surface area contributed by atoms with Gasteiger partial charge in [0.25, 0.3) is 0 Å². The Kier molecular flexibility index (Phi) is 8.51. The van der Waals surface area contributed by atoms with Crippen molar-refractivity contribution in [3.63, 3.8) is 0 Å². The van der Waals surface area contributed by atoms with E-state index < -0.39 is 0 Å². The van der Waals surface area contributed by atoms with Gasteiger partial charge in [0.2, 0.25) is 0 Å². The first-order valence-electron chi connectivity index (χ1n) is 8.54. The fraction of sp³-hybridized carbons (Fsp3) is 0.941. The third-order valence-corrected chi connectivity index (χ3v) is 4.55. The van der Waals surface area contributed by atoms with E-state index in [1.165, 1.54) is 44.9 Å². The maximum atomic E-state index is 5.68. The molecule has 3 heteroatoms. The van der Waals surface area contributed by atoms with Gasteiger partial charge in [0.1, 0.15) is 0 Å². The van der Waals surface area contributed by atoms with Crippen molar-refractivity contribution in [1.82, 2.24) is 10.2 Å². The van der Waals surface area contributed by atoms with Crippen LogP contribution in [0.2, 0.25) is 0 Å². The molecule has 0 aromatic heterocycles. The van der Waals surface area contributed by atoms with E-state index in [2.05, 4.69) is 37.9 Å². The summed E-state index contributed by atoms with van der Waals surface area (Å²) >= 11 is 5.68. The normalized spacial score (nSPS) is 16.7. The smallest absolute Gasteiger partial charge is 0.169 e. The summed E-state index contributed by atoms with van der Waals surface area (Å²) in [6, 6.07) is 0.622. The summed E-state index contributed by atoms with van der Waals surface area (Å²) in [5.74, 6) is 1.49. The average Bonchev–Trinajstić information content (AvgIpc) is 2.39. The van der Waals surface area contributed by atoms with E-state index in [0.717, 1.165) is 30.0 Å². The predicted octanol–water partition coefficient (Wildman–Crippen LogP) is 4.59. The summed E-state index contributed by atoms with van der Waals surface area (Å²) in [7, 11) is 0. The number of nitrogens with zero attached hydrogens (tertiary/aromatic N) is 1. The molecule has 0 radical (unpaired) electrons. The zero-order valence-corrected chi connectivity index (χ0v) is 14.8. The van der Waals surface area contributed by atoms with Crippen LogP contribution in [-0.2, 0) is 0 Å². The topological polar surface area (TPSA) is 15.3 Å². The third kappa shape index (κ3) is 7.47. The Morgan fingerprint density at radius 2 is 1.50 bits per heavy atom. The van der Waals surface area contributed by atoms with Gasteiger partial charge < -0.3 is 10.2 Å². The molecule has 0 aliphatic heterocycles. The molecule has 118 valence electrons. The first kappa shape index (κ1) is 17.7. The molecular weight excluding hydrogens is 264 g/mol.